The average molecular weight is 277 g/mol. The Morgan fingerprint density at radius 2 is 2.11 bits per heavy atom. The minimum absolute atomic E-state index is 0.371. The van der Waals surface area contributed by atoms with Crippen LogP contribution in [0.15, 0.2) is 35.4 Å². The van der Waals surface area contributed by atoms with Gasteiger partial charge in [-0.15, -0.1) is 0 Å². The van der Waals surface area contributed by atoms with E-state index in [9.17, 15) is 8.42 Å². The van der Waals surface area contributed by atoms with E-state index in [0.29, 0.717) is 24.4 Å². The monoisotopic (exact) mass is 277 g/mol. The number of nitrogens with zero attached hydrogens (tertiary/aromatic N) is 2. The molecular weight excluding hydrogens is 262 g/mol. The molecule has 0 aliphatic carbocycles. The van der Waals surface area contributed by atoms with E-state index in [4.69, 9.17) is 0 Å². The van der Waals surface area contributed by atoms with Gasteiger partial charge in [0.25, 0.3) is 0 Å². The summed E-state index contributed by atoms with van der Waals surface area (Å²) in [5.74, 6) is 0. The second-order valence-electron chi connectivity index (χ2n) is 4.61. The Balaban J connectivity index is 1.98. The van der Waals surface area contributed by atoms with Gasteiger partial charge in [0.1, 0.15) is 0 Å². The van der Waals surface area contributed by atoms with Gasteiger partial charge in [-0.2, -0.15) is 9.40 Å². The van der Waals surface area contributed by atoms with Gasteiger partial charge in [0, 0.05) is 12.1 Å². The second-order valence-corrected chi connectivity index (χ2v) is 6.51. The molecule has 0 spiro atoms. The lowest BCUT2D eigenvalue weighted by molar-refractivity contribution is 0.426. The number of nitrogens with one attached hydrogen (secondary N) is 1. The third-order valence-corrected chi connectivity index (χ3v) is 5.35. The number of H-pyrrole nitrogens is 1. The Labute approximate surface area is 112 Å². The molecule has 0 fully saturated rings. The first-order valence-electron chi connectivity index (χ1n) is 6.22. The molecule has 1 aromatic carbocycles. The van der Waals surface area contributed by atoms with Gasteiger partial charge in [-0.25, -0.2) is 8.42 Å². The van der Waals surface area contributed by atoms with Gasteiger partial charge in [-0.3, -0.25) is 5.10 Å². The zero-order valence-electron chi connectivity index (χ0n) is 10.6. The fraction of sp³-hybridized carbons (Fsp3) is 0.308. The predicted octanol–water partition coefficient (Wildman–Crippen LogP) is 1.68. The number of hydrogen-bond acceptors (Lipinski definition) is 3. The molecule has 0 atom stereocenters. The molecule has 19 heavy (non-hydrogen) atoms. The fourth-order valence-electron chi connectivity index (χ4n) is 2.39. The van der Waals surface area contributed by atoms with Gasteiger partial charge in [-0.1, -0.05) is 25.1 Å². The predicted molar refractivity (Wildman–Crippen MR) is 70.8 cm³/mol. The van der Waals surface area contributed by atoms with Crippen LogP contribution in [0.2, 0.25) is 0 Å². The van der Waals surface area contributed by atoms with E-state index in [1.807, 2.05) is 19.1 Å². The molecular formula is C13H15N3O2S. The van der Waals surface area contributed by atoms with Crippen LogP contribution < -0.4 is 0 Å². The first-order valence-corrected chi connectivity index (χ1v) is 7.66. The van der Waals surface area contributed by atoms with Crippen LogP contribution in [0.3, 0.4) is 0 Å². The van der Waals surface area contributed by atoms with Crippen LogP contribution in [0.25, 0.3) is 0 Å². The van der Waals surface area contributed by atoms with E-state index in [1.165, 1.54) is 4.31 Å². The lowest BCUT2D eigenvalue weighted by Gasteiger charge is -2.17. The summed E-state index contributed by atoms with van der Waals surface area (Å²) in [6, 6.07) is 7.18. The zero-order valence-corrected chi connectivity index (χ0v) is 11.4. The third-order valence-electron chi connectivity index (χ3n) is 3.46. The molecule has 1 aromatic heterocycles. The van der Waals surface area contributed by atoms with Crippen molar-refractivity contribution in [2.45, 2.75) is 31.3 Å². The minimum atomic E-state index is -3.43. The number of hydrogen-bond donors (Lipinski definition) is 1. The highest BCUT2D eigenvalue weighted by atomic mass is 32.2. The van der Waals surface area contributed by atoms with Gasteiger partial charge in [0.2, 0.25) is 10.0 Å². The number of fused-ring (bicyclic) bond motifs is 1. The van der Waals surface area contributed by atoms with E-state index < -0.39 is 10.0 Å². The molecule has 0 amide bonds. The highest BCUT2D eigenvalue weighted by molar-refractivity contribution is 7.89. The van der Waals surface area contributed by atoms with Crippen LogP contribution in [0.4, 0.5) is 0 Å². The van der Waals surface area contributed by atoms with Gasteiger partial charge in [-0.05, 0) is 18.1 Å². The van der Waals surface area contributed by atoms with Crippen molar-refractivity contribution in [1.82, 2.24) is 14.5 Å². The summed E-state index contributed by atoms with van der Waals surface area (Å²) in [4.78, 5) is 0.413. The van der Waals surface area contributed by atoms with Crippen LogP contribution in [-0.4, -0.2) is 22.9 Å². The molecule has 100 valence electrons. The number of aromatic amines is 1. The van der Waals surface area contributed by atoms with Crippen molar-refractivity contribution in [3.63, 3.8) is 0 Å². The van der Waals surface area contributed by atoms with E-state index >= 15 is 0 Å². The standard InChI is InChI=1S/C13H15N3O2S/c1-2-10-5-3-4-6-13(10)19(17,18)16-8-11-7-14-15-12(11)9-16/h3-7H,2,8-9H2,1H3,(H,14,15). The smallest absolute Gasteiger partial charge is 0.244 e. The molecule has 6 heteroatoms. The van der Waals surface area contributed by atoms with Crippen molar-refractivity contribution in [3.05, 3.63) is 47.3 Å². The van der Waals surface area contributed by atoms with E-state index in [-0.39, 0.29) is 0 Å². The largest absolute Gasteiger partial charge is 0.281 e. The molecule has 1 N–H and O–H groups in total. The number of sulfonamides is 1. The average Bonchev–Trinajstić information content (AvgIpc) is 2.99. The van der Waals surface area contributed by atoms with Gasteiger partial charge in [0.15, 0.2) is 0 Å². The highest BCUT2D eigenvalue weighted by Gasteiger charge is 2.32. The number of aryl methyl sites for hydroxylation is 1. The Kier molecular flexibility index (Phi) is 2.91. The summed E-state index contributed by atoms with van der Waals surface area (Å²) in [6.07, 6.45) is 2.40. The summed E-state index contributed by atoms with van der Waals surface area (Å²) < 4.78 is 26.8. The van der Waals surface area contributed by atoms with Gasteiger partial charge < -0.3 is 0 Å². The molecule has 0 unspecified atom stereocenters. The third kappa shape index (κ3) is 1.97. The molecule has 2 heterocycles. The van der Waals surface area contributed by atoms with Crippen LogP contribution in [0.5, 0.6) is 0 Å². The highest BCUT2D eigenvalue weighted by Crippen LogP contribution is 2.28. The Hall–Kier alpha value is -1.66. The SMILES string of the molecule is CCc1ccccc1S(=O)(=O)N1Cc2cn[nH]c2C1. The fourth-order valence-corrected chi connectivity index (χ4v) is 4.07. The van der Waals surface area contributed by atoms with Crippen LogP contribution in [0.1, 0.15) is 23.7 Å². The first-order chi connectivity index (χ1) is 9.13. The van der Waals surface area contributed by atoms with Crippen molar-refractivity contribution in [2.24, 2.45) is 0 Å². The Bertz CT molecular complexity index is 686. The summed E-state index contributed by atoms with van der Waals surface area (Å²) in [5.41, 5.74) is 2.70. The molecule has 1 aliphatic heterocycles. The van der Waals surface area contributed by atoms with E-state index in [2.05, 4.69) is 10.2 Å². The van der Waals surface area contributed by atoms with Crippen LogP contribution in [-0.2, 0) is 29.5 Å². The van der Waals surface area contributed by atoms with Gasteiger partial charge >= 0.3 is 0 Å². The summed E-state index contributed by atoms with van der Waals surface area (Å²) in [7, 11) is -3.43. The molecule has 0 radical (unpaired) electrons. The molecule has 0 saturated carbocycles. The number of rotatable bonds is 3. The van der Waals surface area contributed by atoms with Crippen molar-refractivity contribution >= 4 is 10.0 Å². The maximum absolute atomic E-state index is 12.7. The maximum Gasteiger partial charge on any atom is 0.244 e. The Morgan fingerprint density at radius 3 is 2.84 bits per heavy atom. The summed E-state index contributed by atoms with van der Waals surface area (Å²) >= 11 is 0. The molecule has 2 aromatic rings. The van der Waals surface area contributed by atoms with Crippen molar-refractivity contribution in [1.29, 1.82) is 0 Å². The topological polar surface area (TPSA) is 66.1 Å². The maximum atomic E-state index is 12.7. The zero-order chi connectivity index (χ0) is 13.5. The van der Waals surface area contributed by atoms with Crippen molar-refractivity contribution < 1.29 is 8.42 Å². The van der Waals surface area contributed by atoms with Crippen molar-refractivity contribution in [3.8, 4) is 0 Å². The molecule has 0 saturated heterocycles. The minimum Gasteiger partial charge on any atom is -0.281 e. The summed E-state index contributed by atoms with van der Waals surface area (Å²) in [6.45, 7) is 2.73. The lowest BCUT2D eigenvalue weighted by Crippen LogP contribution is -2.26. The van der Waals surface area contributed by atoms with E-state index in [1.54, 1.807) is 18.3 Å². The van der Waals surface area contributed by atoms with Gasteiger partial charge in [0.05, 0.1) is 23.3 Å². The molecule has 3 rings (SSSR count). The van der Waals surface area contributed by atoms with Crippen molar-refractivity contribution in [2.75, 3.05) is 0 Å². The number of aromatic nitrogens is 2. The molecule has 5 nitrogen and oxygen atoms in total. The quantitative estimate of drug-likeness (QED) is 0.928. The summed E-state index contributed by atoms with van der Waals surface area (Å²) in [5, 5.41) is 6.76. The molecule has 0 bridgehead atoms. The first kappa shape index (κ1) is 12.4. The lowest BCUT2D eigenvalue weighted by atomic mass is 10.2. The normalized spacial score (nSPS) is 15.6. The van der Waals surface area contributed by atoms with Crippen LogP contribution in [0, 0.1) is 0 Å². The van der Waals surface area contributed by atoms with E-state index in [0.717, 1.165) is 16.8 Å². The Morgan fingerprint density at radius 1 is 1.32 bits per heavy atom. The second kappa shape index (κ2) is 4.47. The number of benzene rings is 1. The van der Waals surface area contributed by atoms with Crippen LogP contribution >= 0.6 is 0 Å². The molecule has 1 aliphatic rings.